The maximum Gasteiger partial charge on any atom is 0.472 e. The molecule has 0 aromatic carbocycles. The van der Waals surface area contributed by atoms with Crippen LogP contribution < -0.4 is 0 Å². The number of phosphoric ester groups is 2. The van der Waals surface area contributed by atoms with Gasteiger partial charge in [0.05, 0.1) is 26.4 Å². The fourth-order valence-corrected chi connectivity index (χ4v) is 15.2. The van der Waals surface area contributed by atoms with E-state index in [0.717, 1.165) is 108 Å². The molecule has 0 aliphatic carbocycles. The molecule has 0 aliphatic heterocycles. The number of ether oxygens (including phenoxy) is 4. The molecular formula is C88H172O17P2. The van der Waals surface area contributed by atoms with E-state index in [-0.39, 0.29) is 25.7 Å². The van der Waals surface area contributed by atoms with E-state index in [1.165, 1.54) is 276 Å². The minimum atomic E-state index is -4.97. The van der Waals surface area contributed by atoms with Crippen LogP contribution >= 0.6 is 15.6 Å². The summed E-state index contributed by atoms with van der Waals surface area (Å²) in [5, 5.41) is 10.7. The molecule has 17 nitrogen and oxygen atoms in total. The second-order valence-corrected chi connectivity index (χ2v) is 35.5. The molecule has 7 atom stereocenters. The van der Waals surface area contributed by atoms with Crippen LogP contribution in [-0.2, 0) is 65.4 Å². The Morgan fingerprint density at radius 1 is 0.271 bits per heavy atom. The molecule has 0 aromatic heterocycles. The Labute approximate surface area is 658 Å². The van der Waals surface area contributed by atoms with Crippen molar-refractivity contribution in [2.45, 2.75) is 484 Å². The summed E-state index contributed by atoms with van der Waals surface area (Å²) in [5.74, 6) is 0.364. The zero-order chi connectivity index (χ0) is 78.6. The molecule has 0 amide bonds. The largest absolute Gasteiger partial charge is 0.472 e. The van der Waals surface area contributed by atoms with Crippen LogP contribution in [0.1, 0.15) is 466 Å². The van der Waals surface area contributed by atoms with Crippen molar-refractivity contribution >= 4 is 39.5 Å². The van der Waals surface area contributed by atoms with Crippen LogP contribution in [0.3, 0.4) is 0 Å². The van der Waals surface area contributed by atoms with Crippen LogP contribution in [0.2, 0.25) is 0 Å². The lowest BCUT2D eigenvalue weighted by Crippen LogP contribution is -2.30. The first kappa shape index (κ1) is 105. The van der Waals surface area contributed by atoms with E-state index in [1.807, 2.05) is 0 Å². The average molecular weight is 1560 g/mol. The molecule has 0 aliphatic rings. The first-order valence-corrected chi connectivity index (χ1v) is 48.4. The molecular weight excluding hydrogens is 1390 g/mol. The summed E-state index contributed by atoms with van der Waals surface area (Å²) in [6, 6.07) is 0. The number of esters is 4. The van der Waals surface area contributed by atoms with Crippen molar-refractivity contribution in [3.05, 3.63) is 0 Å². The maximum atomic E-state index is 13.2. The Morgan fingerprint density at radius 2 is 0.477 bits per heavy atom. The molecule has 19 heteroatoms. The molecule has 0 fully saturated rings. The van der Waals surface area contributed by atoms with E-state index in [9.17, 15) is 43.2 Å². The summed E-state index contributed by atoms with van der Waals surface area (Å²) in [6.45, 7) is 12.1. The highest BCUT2D eigenvalue weighted by molar-refractivity contribution is 7.47. The predicted molar refractivity (Wildman–Crippen MR) is 441 cm³/mol. The lowest BCUT2D eigenvalue weighted by atomic mass is 9.99. The van der Waals surface area contributed by atoms with Gasteiger partial charge in [-0.05, 0) is 43.4 Å². The molecule has 0 aromatic rings. The molecule has 0 rings (SSSR count). The normalized spacial score (nSPS) is 14.3. The molecule has 0 heterocycles. The molecule has 0 radical (unpaired) electrons. The van der Waals surface area contributed by atoms with Gasteiger partial charge in [0.2, 0.25) is 0 Å². The van der Waals surface area contributed by atoms with Gasteiger partial charge in [-0.25, -0.2) is 9.13 Å². The van der Waals surface area contributed by atoms with Gasteiger partial charge in [0, 0.05) is 25.7 Å². The summed E-state index contributed by atoms with van der Waals surface area (Å²) in [5.41, 5.74) is 0. The highest BCUT2D eigenvalue weighted by Gasteiger charge is 2.31. The number of aliphatic hydroxyl groups excluding tert-OH is 1. The molecule has 0 saturated heterocycles. The van der Waals surface area contributed by atoms with Gasteiger partial charge in [-0.15, -0.1) is 0 Å². The van der Waals surface area contributed by atoms with Gasteiger partial charge in [0.15, 0.2) is 12.2 Å². The van der Waals surface area contributed by atoms with Crippen LogP contribution in [0.25, 0.3) is 0 Å². The molecule has 0 spiro atoms. The van der Waals surface area contributed by atoms with E-state index in [4.69, 9.17) is 37.0 Å². The number of phosphoric acid groups is 2. The summed E-state index contributed by atoms with van der Waals surface area (Å²) >= 11 is 0. The summed E-state index contributed by atoms with van der Waals surface area (Å²) < 4.78 is 69.0. The zero-order valence-corrected chi connectivity index (χ0v) is 72.4. The van der Waals surface area contributed by atoms with Gasteiger partial charge in [-0.1, -0.05) is 414 Å². The molecule has 3 N–H and O–H groups in total. The average Bonchev–Trinajstić information content (AvgIpc) is 0.902. The Kier molecular flexibility index (Phi) is 76.6. The van der Waals surface area contributed by atoms with Crippen molar-refractivity contribution in [2.24, 2.45) is 17.8 Å². The number of carbonyl (C=O) groups excluding carboxylic acids is 4. The van der Waals surface area contributed by atoms with Crippen LogP contribution in [0.5, 0.6) is 0 Å². The van der Waals surface area contributed by atoms with Crippen LogP contribution in [0, 0.1) is 17.8 Å². The summed E-state index contributed by atoms with van der Waals surface area (Å²) in [6.07, 6.45) is 69.3. The third-order valence-corrected chi connectivity index (χ3v) is 23.3. The lowest BCUT2D eigenvalue weighted by molar-refractivity contribution is -0.161. The lowest BCUT2D eigenvalue weighted by Gasteiger charge is -2.21. The fourth-order valence-electron chi connectivity index (χ4n) is 13.7. The Morgan fingerprint density at radius 3 is 0.710 bits per heavy atom. The second kappa shape index (κ2) is 78.0. The highest BCUT2D eigenvalue weighted by Crippen LogP contribution is 2.45. The van der Waals surface area contributed by atoms with Crippen molar-refractivity contribution in [2.75, 3.05) is 39.6 Å². The number of aliphatic hydroxyl groups is 1. The molecule has 4 unspecified atom stereocenters. The van der Waals surface area contributed by atoms with Gasteiger partial charge in [0.25, 0.3) is 0 Å². The van der Waals surface area contributed by atoms with E-state index < -0.39 is 97.5 Å². The van der Waals surface area contributed by atoms with Crippen molar-refractivity contribution < 1.29 is 80.2 Å². The topological polar surface area (TPSA) is 237 Å². The van der Waals surface area contributed by atoms with E-state index in [1.54, 1.807) is 0 Å². The highest BCUT2D eigenvalue weighted by atomic mass is 31.2. The first-order chi connectivity index (χ1) is 51.8. The van der Waals surface area contributed by atoms with Gasteiger partial charge in [0.1, 0.15) is 19.3 Å². The van der Waals surface area contributed by atoms with Gasteiger partial charge >= 0.3 is 39.5 Å². The van der Waals surface area contributed by atoms with Gasteiger partial charge < -0.3 is 33.8 Å². The van der Waals surface area contributed by atoms with E-state index >= 15 is 0 Å². The van der Waals surface area contributed by atoms with Crippen LogP contribution in [-0.4, -0.2) is 96.7 Å². The van der Waals surface area contributed by atoms with Crippen molar-refractivity contribution in [3.63, 3.8) is 0 Å². The number of hydrogen-bond donors (Lipinski definition) is 3. The zero-order valence-electron chi connectivity index (χ0n) is 70.6. The van der Waals surface area contributed by atoms with Crippen molar-refractivity contribution in [1.29, 1.82) is 0 Å². The summed E-state index contributed by atoms with van der Waals surface area (Å²) in [7, 11) is -9.93. The van der Waals surface area contributed by atoms with Crippen LogP contribution in [0.4, 0.5) is 0 Å². The maximum absolute atomic E-state index is 13.2. The van der Waals surface area contributed by atoms with Crippen molar-refractivity contribution in [1.82, 2.24) is 0 Å². The van der Waals surface area contributed by atoms with E-state index in [0.29, 0.717) is 25.7 Å². The monoisotopic (exact) mass is 1560 g/mol. The molecule has 0 bridgehead atoms. The molecule has 0 saturated carbocycles. The minimum absolute atomic E-state index is 0.108. The number of carbonyl (C=O) groups is 4. The predicted octanol–water partition coefficient (Wildman–Crippen LogP) is 26.9. The summed E-state index contributed by atoms with van der Waals surface area (Å²) in [4.78, 5) is 73.3. The standard InChI is InChI=1S/C88H172O17P2/c1-8-11-12-13-14-15-16-17-22-30-35-42-50-57-64-71-87(92)105-84(76-99-86(91)70-63-56-49-44-37-38-45-52-59-66-79(4)5)78-103-107(96,97)101-74-82(89)73-100-106(94,95)102-77-83(75-98-85(90)69-62-55-48-41-34-29-26-25-28-33-40-47-54-61-68-81(7)10-3)104-88(93)72-65-58-51-43-36-31-24-21-19-18-20-23-27-32-39-46-53-60-67-80(6)9-2/h79-84,89H,8-78H2,1-7H3,(H,94,95)(H,96,97)/t80?,81?,82-,83-,84-/m1/s1. The molecule has 636 valence electrons. The Balaban J connectivity index is 5.25. The first-order valence-electron chi connectivity index (χ1n) is 45.4. The Bertz CT molecular complexity index is 2060. The SMILES string of the molecule is CCCCCCCCCCCCCCCCCC(=O)O[C@H](COC(=O)CCCCCCCCCCCC(C)C)COP(=O)(O)OC[C@H](O)COP(=O)(O)OC[C@@H](COC(=O)CCCCCCCCCCCCCCCCC(C)CC)OC(=O)CCCCCCCCCCCCCCCCCCCCC(C)CC. The number of unbranched alkanes of at least 4 members (excludes halogenated alkanes) is 52. The third kappa shape index (κ3) is 79.1. The smallest absolute Gasteiger partial charge is 0.462 e. The third-order valence-electron chi connectivity index (χ3n) is 21.4. The number of hydrogen-bond acceptors (Lipinski definition) is 15. The van der Waals surface area contributed by atoms with E-state index in [2.05, 4.69) is 48.5 Å². The second-order valence-electron chi connectivity index (χ2n) is 32.6. The number of rotatable bonds is 86. The van der Waals surface area contributed by atoms with Crippen molar-refractivity contribution in [3.8, 4) is 0 Å². The molecule has 107 heavy (non-hydrogen) atoms. The fraction of sp³-hybridized carbons (Fsp3) is 0.955. The minimum Gasteiger partial charge on any atom is -0.462 e. The van der Waals surface area contributed by atoms with Crippen LogP contribution in [0.15, 0.2) is 0 Å². The van der Waals surface area contributed by atoms with Gasteiger partial charge in [-0.2, -0.15) is 0 Å². The Hall–Kier alpha value is -1.94. The van der Waals surface area contributed by atoms with Gasteiger partial charge in [-0.3, -0.25) is 37.3 Å². The quantitative estimate of drug-likeness (QED) is 0.0222.